The first-order chi connectivity index (χ1) is 9.78. The molecule has 1 aromatic heterocycles. The monoisotopic (exact) mass is 272 g/mol. The zero-order chi connectivity index (χ0) is 14.2. The number of anilines is 1. The van der Waals surface area contributed by atoms with E-state index in [0.29, 0.717) is 18.7 Å². The summed E-state index contributed by atoms with van der Waals surface area (Å²) in [5.74, 6) is 0.729. The minimum absolute atomic E-state index is 0.214. The van der Waals surface area contributed by atoms with Crippen LogP contribution >= 0.6 is 0 Å². The van der Waals surface area contributed by atoms with Crippen LogP contribution in [0.25, 0.3) is 0 Å². The molecule has 0 radical (unpaired) electrons. The highest BCUT2D eigenvalue weighted by atomic mass is 16.5. The van der Waals surface area contributed by atoms with Gasteiger partial charge in [0.15, 0.2) is 0 Å². The lowest BCUT2D eigenvalue weighted by Crippen LogP contribution is -2.24. The molecule has 0 spiro atoms. The van der Waals surface area contributed by atoms with Crippen LogP contribution in [0, 0.1) is 11.3 Å². The van der Waals surface area contributed by atoms with Gasteiger partial charge < -0.3 is 19.6 Å². The number of aliphatic hydroxyl groups is 1. The Morgan fingerprint density at radius 1 is 1.35 bits per heavy atom. The molecule has 0 bridgehead atoms. The zero-order valence-electron chi connectivity index (χ0n) is 11.0. The summed E-state index contributed by atoms with van der Waals surface area (Å²) >= 11 is 0. The summed E-state index contributed by atoms with van der Waals surface area (Å²) in [5, 5.41) is 21.6. The van der Waals surface area contributed by atoms with E-state index >= 15 is 0 Å². The van der Waals surface area contributed by atoms with Gasteiger partial charge in [-0.25, -0.2) is 0 Å². The van der Waals surface area contributed by atoms with E-state index in [9.17, 15) is 5.11 Å². The molecule has 1 heterocycles. The minimum Gasteiger partial charge on any atom is -0.467 e. The first-order valence-corrected chi connectivity index (χ1v) is 6.30. The molecule has 104 valence electrons. The van der Waals surface area contributed by atoms with Crippen molar-refractivity contribution in [2.24, 2.45) is 0 Å². The molecule has 20 heavy (non-hydrogen) atoms. The normalized spacial score (nSPS) is 11.8. The van der Waals surface area contributed by atoms with E-state index in [1.54, 1.807) is 30.5 Å². The highest BCUT2D eigenvalue weighted by molar-refractivity contribution is 5.49. The number of furan rings is 1. The molecule has 1 aromatic carbocycles. The Hall–Kier alpha value is -2.29. The summed E-state index contributed by atoms with van der Waals surface area (Å²) < 4.78 is 10.5. The largest absolute Gasteiger partial charge is 0.467 e. The number of nitrogens with zero attached hydrogens (tertiary/aromatic N) is 1. The minimum atomic E-state index is -0.629. The fourth-order valence-corrected chi connectivity index (χ4v) is 1.68. The topological polar surface area (TPSA) is 78.4 Å². The van der Waals surface area contributed by atoms with Crippen LogP contribution in [0.5, 0.6) is 0 Å². The van der Waals surface area contributed by atoms with Crippen molar-refractivity contribution in [3.05, 3.63) is 54.0 Å². The molecule has 0 aliphatic heterocycles. The molecule has 0 aliphatic carbocycles. The molecule has 0 aliphatic rings. The molecule has 1 atom stereocenters. The Morgan fingerprint density at radius 2 is 2.25 bits per heavy atom. The van der Waals surface area contributed by atoms with E-state index in [4.69, 9.17) is 14.4 Å². The quantitative estimate of drug-likeness (QED) is 0.807. The number of nitriles is 1. The fourth-order valence-electron chi connectivity index (χ4n) is 1.68. The van der Waals surface area contributed by atoms with Crippen molar-refractivity contribution in [1.29, 1.82) is 5.26 Å². The van der Waals surface area contributed by atoms with Crippen LogP contribution in [-0.2, 0) is 11.3 Å². The average Bonchev–Trinajstić information content (AvgIpc) is 2.98. The lowest BCUT2D eigenvalue weighted by Gasteiger charge is -2.13. The fraction of sp³-hybridized carbons (Fsp3) is 0.267. The highest BCUT2D eigenvalue weighted by Crippen LogP contribution is 2.09. The SMILES string of the molecule is N#Cc1cccc(NCC(O)COCc2ccco2)c1. The van der Waals surface area contributed by atoms with Gasteiger partial charge in [0.05, 0.1) is 30.6 Å². The van der Waals surface area contributed by atoms with Crippen molar-refractivity contribution >= 4 is 5.69 Å². The summed E-state index contributed by atoms with van der Waals surface area (Å²) in [6.45, 7) is 0.909. The molecule has 0 amide bonds. The standard InChI is InChI=1S/C15H16N2O3/c16-8-12-3-1-4-13(7-12)17-9-14(18)10-19-11-15-5-2-6-20-15/h1-7,14,17-18H,9-11H2. The summed E-state index contributed by atoms with van der Waals surface area (Å²) in [5.41, 5.74) is 1.38. The summed E-state index contributed by atoms with van der Waals surface area (Å²) in [6.07, 6.45) is 0.953. The summed E-state index contributed by atoms with van der Waals surface area (Å²) in [7, 11) is 0. The Labute approximate surface area is 117 Å². The lowest BCUT2D eigenvalue weighted by atomic mass is 10.2. The number of rotatable bonds is 7. The van der Waals surface area contributed by atoms with Gasteiger partial charge in [-0.2, -0.15) is 5.26 Å². The van der Waals surface area contributed by atoms with Crippen LogP contribution in [0.2, 0.25) is 0 Å². The first kappa shape index (κ1) is 14.1. The second-order valence-electron chi connectivity index (χ2n) is 4.32. The van der Waals surface area contributed by atoms with E-state index < -0.39 is 6.10 Å². The van der Waals surface area contributed by atoms with Gasteiger partial charge in [0.2, 0.25) is 0 Å². The smallest absolute Gasteiger partial charge is 0.129 e. The Morgan fingerprint density at radius 3 is 3.00 bits per heavy atom. The van der Waals surface area contributed by atoms with Crippen LogP contribution in [0.4, 0.5) is 5.69 Å². The van der Waals surface area contributed by atoms with Crippen LogP contribution in [0.3, 0.4) is 0 Å². The number of hydrogen-bond donors (Lipinski definition) is 2. The second kappa shape index (κ2) is 7.34. The molecule has 2 aromatic rings. The maximum absolute atomic E-state index is 9.78. The van der Waals surface area contributed by atoms with Gasteiger partial charge in [0.25, 0.3) is 0 Å². The summed E-state index contributed by atoms with van der Waals surface area (Å²) in [4.78, 5) is 0. The van der Waals surface area contributed by atoms with Crippen LogP contribution in [0.15, 0.2) is 47.1 Å². The first-order valence-electron chi connectivity index (χ1n) is 6.30. The number of aliphatic hydroxyl groups excluding tert-OH is 1. The molecule has 0 saturated carbocycles. The van der Waals surface area contributed by atoms with Crippen LogP contribution in [-0.4, -0.2) is 24.4 Å². The van der Waals surface area contributed by atoms with Crippen LogP contribution in [0.1, 0.15) is 11.3 Å². The summed E-state index contributed by atoms with van der Waals surface area (Å²) in [6, 6.07) is 12.8. The van der Waals surface area contributed by atoms with Crippen molar-refractivity contribution in [3.63, 3.8) is 0 Å². The van der Waals surface area contributed by atoms with Gasteiger partial charge in [0.1, 0.15) is 12.4 Å². The number of ether oxygens (including phenoxy) is 1. The van der Waals surface area contributed by atoms with Gasteiger partial charge in [-0.1, -0.05) is 6.07 Å². The third kappa shape index (κ3) is 4.43. The molecular weight excluding hydrogens is 256 g/mol. The lowest BCUT2D eigenvalue weighted by molar-refractivity contribution is 0.0282. The van der Waals surface area contributed by atoms with Gasteiger partial charge in [0, 0.05) is 12.2 Å². The maximum atomic E-state index is 9.78. The zero-order valence-corrected chi connectivity index (χ0v) is 11.0. The Bertz CT molecular complexity index is 561. The second-order valence-corrected chi connectivity index (χ2v) is 4.32. The maximum Gasteiger partial charge on any atom is 0.129 e. The van der Waals surface area contributed by atoms with Gasteiger partial charge in [-0.15, -0.1) is 0 Å². The van der Waals surface area contributed by atoms with Crippen molar-refractivity contribution < 1.29 is 14.3 Å². The van der Waals surface area contributed by atoms with E-state index in [1.807, 2.05) is 12.1 Å². The van der Waals surface area contributed by atoms with Gasteiger partial charge >= 0.3 is 0 Å². The van der Waals surface area contributed by atoms with E-state index in [-0.39, 0.29) is 6.61 Å². The predicted octanol–water partition coefficient (Wildman–Crippen LogP) is 2.14. The van der Waals surface area contributed by atoms with Gasteiger partial charge in [-0.3, -0.25) is 0 Å². The molecule has 2 rings (SSSR count). The third-order valence-corrected chi connectivity index (χ3v) is 2.67. The van der Waals surface area contributed by atoms with Gasteiger partial charge in [-0.05, 0) is 30.3 Å². The van der Waals surface area contributed by atoms with Crippen molar-refractivity contribution in [1.82, 2.24) is 0 Å². The molecule has 5 nitrogen and oxygen atoms in total. The molecule has 1 unspecified atom stereocenters. The number of nitrogens with one attached hydrogen (secondary N) is 1. The molecule has 5 heteroatoms. The average molecular weight is 272 g/mol. The molecular formula is C15H16N2O3. The van der Waals surface area contributed by atoms with Crippen molar-refractivity contribution in [2.45, 2.75) is 12.7 Å². The van der Waals surface area contributed by atoms with E-state index in [1.165, 1.54) is 0 Å². The molecule has 0 saturated heterocycles. The molecule has 2 N–H and O–H groups in total. The number of benzene rings is 1. The Balaban J connectivity index is 1.69. The molecule has 0 fully saturated rings. The highest BCUT2D eigenvalue weighted by Gasteiger charge is 2.05. The predicted molar refractivity (Wildman–Crippen MR) is 74.0 cm³/mol. The third-order valence-electron chi connectivity index (χ3n) is 2.67. The van der Waals surface area contributed by atoms with E-state index in [0.717, 1.165) is 11.4 Å². The number of hydrogen-bond acceptors (Lipinski definition) is 5. The van der Waals surface area contributed by atoms with Crippen molar-refractivity contribution in [2.75, 3.05) is 18.5 Å². The Kier molecular flexibility index (Phi) is 5.18. The van der Waals surface area contributed by atoms with Crippen LogP contribution < -0.4 is 5.32 Å². The van der Waals surface area contributed by atoms with E-state index in [2.05, 4.69) is 11.4 Å². The van der Waals surface area contributed by atoms with Crippen molar-refractivity contribution in [3.8, 4) is 6.07 Å².